The van der Waals surface area contributed by atoms with E-state index in [4.69, 9.17) is 22.1 Å². The number of ether oxygens (including phenoxy) is 1. The maximum Gasteiger partial charge on any atom is 0.150 e. The Hall–Kier alpha value is -0.780. The van der Waals surface area contributed by atoms with Crippen molar-refractivity contribution in [1.29, 1.82) is 0 Å². The van der Waals surface area contributed by atoms with Crippen molar-refractivity contribution in [2.45, 2.75) is 31.7 Å². The van der Waals surface area contributed by atoms with Gasteiger partial charge in [-0.2, -0.15) is 0 Å². The largest absolute Gasteiger partial charge is 0.493 e. The van der Waals surface area contributed by atoms with Gasteiger partial charge in [-0.15, -0.1) is 0 Å². The quantitative estimate of drug-likeness (QED) is 0.917. The number of rotatable bonds is 4. The van der Waals surface area contributed by atoms with Crippen molar-refractivity contribution in [3.63, 3.8) is 0 Å². The van der Waals surface area contributed by atoms with Crippen molar-refractivity contribution in [1.82, 2.24) is 0 Å². The van der Waals surface area contributed by atoms with Crippen LogP contribution in [-0.2, 0) is 22.7 Å². The molecule has 116 valence electrons. The Balaban J connectivity index is 1.67. The summed E-state index contributed by atoms with van der Waals surface area (Å²) in [6.07, 6.45) is 3.04. The third-order valence-electron chi connectivity index (χ3n) is 4.27. The highest BCUT2D eigenvalue weighted by Gasteiger charge is 2.29. The van der Waals surface area contributed by atoms with Crippen LogP contribution >= 0.6 is 11.6 Å². The monoisotopic (exact) mass is 329 g/mol. The van der Waals surface area contributed by atoms with Crippen molar-refractivity contribution in [2.24, 2.45) is 11.7 Å². The molecule has 0 aromatic heterocycles. The van der Waals surface area contributed by atoms with Gasteiger partial charge in [0.05, 0.1) is 18.1 Å². The number of nitrogens with two attached hydrogens (primary N) is 1. The number of hydrogen-bond donors (Lipinski definition) is 1. The van der Waals surface area contributed by atoms with E-state index >= 15 is 0 Å². The molecule has 0 bridgehead atoms. The average Bonchev–Trinajstić information content (AvgIpc) is 2.95. The molecule has 0 amide bonds. The van der Waals surface area contributed by atoms with E-state index in [0.717, 1.165) is 36.1 Å². The summed E-state index contributed by atoms with van der Waals surface area (Å²) < 4.78 is 28.7. The van der Waals surface area contributed by atoms with E-state index in [2.05, 4.69) is 0 Å². The fourth-order valence-electron chi connectivity index (χ4n) is 3.35. The molecule has 1 saturated heterocycles. The van der Waals surface area contributed by atoms with Crippen LogP contribution in [0, 0.1) is 5.92 Å². The van der Waals surface area contributed by atoms with Gasteiger partial charge < -0.3 is 10.5 Å². The maximum absolute atomic E-state index is 11.5. The summed E-state index contributed by atoms with van der Waals surface area (Å²) in [6.45, 7) is 0.693. The van der Waals surface area contributed by atoms with Crippen LogP contribution in [0.15, 0.2) is 12.1 Å². The van der Waals surface area contributed by atoms with E-state index in [1.165, 1.54) is 0 Å². The number of benzene rings is 1. The predicted octanol–water partition coefficient (Wildman–Crippen LogP) is 1.97. The van der Waals surface area contributed by atoms with Gasteiger partial charge in [-0.05, 0) is 48.4 Å². The molecule has 1 fully saturated rings. The summed E-state index contributed by atoms with van der Waals surface area (Å²) in [5.74, 6) is 1.71. The van der Waals surface area contributed by atoms with Crippen LogP contribution in [0.25, 0.3) is 0 Å². The Bertz CT molecular complexity index is 645. The highest BCUT2D eigenvalue weighted by molar-refractivity contribution is 7.91. The zero-order valence-corrected chi connectivity index (χ0v) is 13.4. The third-order valence-corrected chi connectivity index (χ3v) is 6.33. The van der Waals surface area contributed by atoms with Gasteiger partial charge in [0.2, 0.25) is 0 Å². The van der Waals surface area contributed by atoms with Gasteiger partial charge in [0, 0.05) is 17.5 Å². The minimum atomic E-state index is -2.83. The summed E-state index contributed by atoms with van der Waals surface area (Å²) in [4.78, 5) is 0. The van der Waals surface area contributed by atoms with E-state index < -0.39 is 9.84 Å². The van der Waals surface area contributed by atoms with Crippen LogP contribution in [-0.4, -0.2) is 32.6 Å². The molecular formula is C15H20ClNO3S. The molecule has 2 heterocycles. The highest BCUT2D eigenvalue weighted by Crippen LogP contribution is 2.34. The number of halogens is 1. The van der Waals surface area contributed by atoms with Crippen molar-refractivity contribution in [2.75, 3.05) is 18.1 Å². The lowest BCUT2D eigenvalue weighted by Gasteiger charge is -2.17. The first-order chi connectivity index (χ1) is 9.93. The highest BCUT2D eigenvalue weighted by atomic mass is 35.5. The Kier molecular flexibility index (Phi) is 4.17. The summed E-state index contributed by atoms with van der Waals surface area (Å²) in [5.41, 5.74) is 8.42. The summed E-state index contributed by atoms with van der Waals surface area (Å²) in [7, 11) is -2.83. The SMILES string of the molecule is NC(Cc1cc(Cl)cc2c1OCC2)CC1CCS(=O)(=O)C1. The minimum Gasteiger partial charge on any atom is -0.493 e. The molecule has 2 aliphatic rings. The van der Waals surface area contributed by atoms with Crippen LogP contribution in [0.3, 0.4) is 0 Å². The Morgan fingerprint density at radius 2 is 2.24 bits per heavy atom. The van der Waals surface area contributed by atoms with Crippen molar-refractivity contribution >= 4 is 21.4 Å². The third kappa shape index (κ3) is 3.52. The molecule has 3 rings (SSSR count). The summed E-state index contributed by atoms with van der Waals surface area (Å²) in [6, 6.07) is 3.80. The summed E-state index contributed by atoms with van der Waals surface area (Å²) in [5, 5.41) is 0.713. The van der Waals surface area contributed by atoms with E-state index in [0.29, 0.717) is 23.8 Å². The van der Waals surface area contributed by atoms with Gasteiger partial charge in [-0.25, -0.2) is 8.42 Å². The molecule has 0 spiro atoms. The van der Waals surface area contributed by atoms with E-state index in [9.17, 15) is 8.42 Å². The molecule has 4 nitrogen and oxygen atoms in total. The molecule has 1 aromatic rings. The predicted molar refractivity (Wildman–Crippen MR) is 83.7 cm³/mol. The first-order valence-corrected chi connectivity index (χ1v) is 9.53. The van der Waals surface area contributed by atoms with Gasteiger partial charge in [-0.1, -0.05) is 11.6 Å². The summed E-state index contributed by atoms with van der Waals surface area (Å²) >= 11 is 6.14. The topological polar surface area (TPSA) is 69.4 Å². The van der Waals surface area contributed by atoms with Crippen molar-refractivity contribution < 1.29 is 13.2 Å². The van der Waals surface area contributed by atoms with Crippen LogP contribution < -0.4 is 10.5 Å². The minimum absolute atomic E-state index is 0.0601. The van der Waals surface area contributed by atoms with Gasteiger partial charge in [0.1, 0.15) is 5.75 Å². The standard InChI is InChI=1S/C15H20ClNO3S/c16-13-6-11-1-3-20-15(11)12(7-13)8-14(17)5-10-2-4-21(18,19)9-10/h6-7,10,14H,1-5,8-9,17H2. The first kappa shape index (κ1) is 15.1. The second-order valence-electron chi connectivity index (χ2n) is 6.12. The number of sulfone groups is 1. The van der Waals surface area contributed by atoms with Gasteiger partial charge >= 0.3 is 0 Å². The molecule has 1 aromatic carbocycles. The molecule has 0 radical (unpaired) electrons. The van der Waals surface area contributed by atoms with Gasteiger partial charge in [0.25, 0.3) is 0 Å². The molecule has 21 heavy (non-hydrogen) atoms. The van der Waals surface area contributed by atoms with Crippen LogP contribution in [0.2, 0.25) is 5.02 Å². The van der Waals surface area contributed by atoms with E-state index in [1.807, 2.05) is 12.1 Å². The lowest BCUT2D eigenvalue weighted by molar-refractivity contribution is 0.351. The smallest absolute Gasteiger partial charge is 0.150 e. The first-order valence-electron chi connectivity index (χ1n) is 7.33. The average molecular weight is 330 g/mol. The van der Waals surface area contributed by atoms with E-state index in [1.54, 1.807) is 0 Å². The second kappa shape index (κ2) is 5.78. The normalized spacial score (nSPS) is 24.6. The Morgan fingerprint density at radius 3 is 2.95 bits per heavy atom. The molecule has 6 heteroatoms. The van der Waals surface area contributed by atoms with Crippen molar-refractivity contribution in [3.8, 4) is 5.75 Å². The molecule has 2 unspecified atom stereocenters. The number of fused-ring (bicyclic) bond motifs is 1. The van der Waals surface area contributed by atoms with Crippen LogP contribution in [0.1, 0.15) is 24.0 Å². The fourth-order valence-corrected chi connectivity index (χ4v) is 5.49. The lowest BCUT2D eigenvalue weighted by Crippen LogP contribution is -2.26. The molecular weight excluding hydrogens is 310 g/mol. The Morgan fingerprint density at radius 1 is 1.43 bits per heavy atom. The molecule has 2 atom stereocenters. The zero-order chi connectivity index (χ0) is 15.0. The zero-order valence-electron chi connectivity index (χ0n) is 11.8. The van der Waals surface area contributed by atoms with Crippen molar-refractivity contribution in [3.05, 3.63) is 28.3 Å². The van der Waals surface area contributed by atoms with Gasteiger partial charge in [0.15, 0.2) is 9.84 Å². The van der Waals surface area contributed by atoms with Gasteiger partial charge in [-0.3, -0.25) is 0 Å². The van der Waals surface area contributed by atoms with Crippen LogP contribution in [0.4, 0.5) is 0 Å². The second-order valence-corrected chi connectivity index (χ2v) is 8.79. The number of hydrogen-bond acceptors (Lipinski definition) is 4. The van der Waals surface area contributed by atoms with Crippen LogP contribution in [0.5, 0.6) is 5.75 Å². The fraction of sp³-hybridized carbons (Fsp3) is 0.600. The molecule has 0 aliphatic carbocycles. The molecule has 2 aliphatic heterocycles. The lowest BCUT2D eigenvalue weighted by atomic mass is 9.94. The van der Waals surface area contributed by atoms with E-state index in [-0.39, 0.29) is 17.7 Å². The molecule has 2 N–H and O–H groups in total. The maximum atomic E-state index is 11.5. The molecule has 0 saturated carbocycles. The Labute approximate surface area is 130 Å².